The van der Waals surface area contributed by atoms with Crippen molar-refractivity contribution in [1.82, 2.24) is 4.72 Å². The fourth-order valence-electron chi connectivity index (χ4n) is 2.15. The van der Waals surface area contributed by atoms with E-state index in [1.807, 2.05) is 0 Å². The predicted octanol–water partition coefficient (Wildman–Crippen LogP) is 3.84. The Bertz CT molecular complexity index is 565. The number of rotatable bonds is 4. The molecule has 0 heterocycles. The summed E-state index contributed by atoms with van der Waals surface area (Å²) in [7, 11) is -3.51. The minimum absolute atomic E-state index is 0.148. The maximum absolute atomic E-state index is 12.1. The molecule has 7 heteroatoms. The van der Waals surface area contributed by atoms with Crippen molar-refractivity contribution >= 4 is 49.2 Å². The van der Waals surface area contributed by atoms with Crippen LogP contribution in [-0.4, -0.2) is 19.8 Å². The van der Waals surface area contributed by atoms with Crippen LogP contribution in [0.15, 0.2) is 23.1 Å². The van der Waals surface area contributed by atoms with Crippen molar-refractivity contribution in [3.63, 3.8) is 0 Å². The first-order valence-corrected chi connectivity index (χ1v) is 9.13. The van der Waals surface area contributed by atoms with Crippen molar-refractivity contribution < 1.29 is 8.42 Å². The summed E-state index contributed by atoms with van der Waals surface area (Å²) in [6, 6.07) is 4.31. The summed E-state index contributed by atoms with van der Waals surface area (Å²) in [5, 5.41) is 0.587. The molecule has 1 saturated carbocycles. The van der Waals surface area contributed by atoms with Crippen molar-refractivity contribution in [3.05, 3.63) is 28.2 Å². The highest BCUT2D eigenvalue weighted by molar-refractivity contribution is 9.09. The molecule has 3 nitrogen and oxygen atoms in total. The minimum Gasteiger partial charge on any atom is -0.211 e. The predicted molar refractivity (Wildman–Crippen MR) is 81.7 cm³/mol. The Morgan fingerprint density at radius 3 is 2.58 bits per heavy atom. The van der Waals surface area contributed by atoms with Gasteiger partial charge in [0.05, 0.1) is 14.9 Å². The van der Waals surface area contributed by atoms with Crippen molar-refractivity contribution in [1.29, 1.82) is 0 Å². The van der Waals surface area contributed by atoms with Crippen LogP contribution in [0.3, 0.4) is 0 Å². The fraction of sp³-hybridized carbons (Fsp3) is 0.500. The van der Waals surface area contributed by atoms with E-state index in [2.05, 4.69) is 20.7 Å². The summed E-state index contributed by atoms with van der Waals surface area (Å²) in [4.78, 5) is 0.655. The van der Waals surface area contributed by atoms with Crippen LogP contribution in [0.2, 0.25) is 10.0 Å². The lowest BCUT2D eigenvalue weighted by molar-refractivity contribution is 0.521. The monoisotopic (exact) mass is 385 g/mol. The van der Waals surface area contributed by atoms with E-state index in [1.165, 1.54) is 18.2 Å². The maximum Gasteiger partial charge on any atom is 0.240 e. The number of benzene rings is 1. The first-order valence-electron chi connectivity index (χ1n) is 5.97. The van der Waals surface area contributed by atoms with Crippen LogP contribution in [0.1, 0.15) is 19.3 Å². The average molecular weight is 387 g/mol. The van der Waals surface area contributed by atoms with Crippen molar-refractivity contribution in [2.24, 2.45) is 5.92 Å². The van der Waals surface area contributed by atoms with Gasteiger partial charge in [-0.15, -0.1) is 0 Å². The Morgan fingerprint density at radius 1 is 1.26 bits per heavy atom. The summed E-state index contributed by atoms with van der Waals surface area (Å²) in [5.74, 6) is 0.391. The molecule has 0 saturated heterocycles. The Hall–Kier alpha value is 0.190. The summed E-state index contributed by atoms with van der Waals surface area (Å²) < 4.78 is 26.9. The van der Waals surface area contributed by atoms with Crippen LogP contribution in [0.5, 0.6) is 0 Å². The second-order valence-electron chi connectivity index (χ2n) is 4.70. The van der Waals surface area contributed by atoms with E-state index in [1.54, 1.807) is 0 Å². The zero-order valence-corrected chi connectivity index (χ0v) is 14.0. The molecule has 1 aliphatic carbocycles. The van der Waals surface area contributed by atoms with Crippen molar-refractivity contribution in [3.8, 4) is 0 Å². The van der Waals surface area contributed by atoms with E-state index in [-0.39, 0.29) is 9.92 Å². The van der Waals surface area contributed by atoms with Crippen LogP contribution in [0.4, 0.5) is 0 Å². The van der Waals surface area contributed by atoms with Gasteiger partial charge in [0, 0.05) is 11.4 Å². The van der Waals surface area contributed by atoms with Crippen molar-refractivity contribution in [2.75, 3.05) is 6.54 Å². The highest BCUT2D eigenvalue weighted by atomic mass is 79.9. The van der Waals surface area contributed by atoms with E-state index in [0.717, 1.165) is 19.3 Å². The van der Waals surface area contributed by atoms with E-state index in [4.69, 9.17) is 23.2 Å². The Labute approximate surface area is 131 Å². The Morgan fingerprint density at radius 2 is 2.00 bits per heavy atom. The molecule has 1 aliphatic rings. The van der Waals surface area contributed by atoms with Crippen LogP contribution in [0, 0.1) is 5.92 Å². The molecule has 19 heavy (non-hydrogen) atoms. The molecular weight excluding hydrogens is 373 g/mol. The van der Waals surface area contributed by atoms with Gasteiger partial charge in [0.1, 0.15) is 0 Å². The summed E-state index contributed by atoms with van der Waals surface area (Å²) in [6.45, 7) is 0.463. The standard InChI is InChI=1S/C12H14BrCl2NO2S/c13-9-2-1-8(5-9)7-16-19(17,18)10-3-4-11(14)12(15)6-10/h3-4,6,8-9,16H,1-2,5,7H2. The van der Waals surface area contributed by atoms with Gasteiger partial charge in [-0.3, -0.25) is 0 Å². The molecule has 0 amide bonds. The third kappa shape index (κ3) is 4.08. The van der Waals surface area contributed by atoms with Gasteiger partial charge in [0.25, 0.3) is 0 Å². The van der Waals surface area contributed by atoms with Crippen LogP contribution in [-0.2, 0) is 10.0 Å². The zero-order valence-electron chi connectivity index (χ0n) is 10.1. The largest absolute Gasteiger partial charge is 0.240 e. The maximum atomic E-state index is 12.1. The highest BCUT2D eigenvalue weighted by Gasteiger charge is 2.24. The van der Waals surface area contributed by atoms with Gasteiger partial charge in [0.2, 0.25) is 10.0 Å². The molecule has 1 aromatic rings. The van der Waals surface area contributed by atoms with Gasteiger partial charge in [-0.25, -0.2) is 13.1 Å². The molecule has 1 aromatic carbocycles. The Balaban J connectivity index is 2.03. The second-order valence-corrected chi connectivity index (χ2v) is 8.58. The van der Waals surface area contributed by atoms with E-state index in [0.29, 0.717) is 22.3 Å². The molecule has 2 unspecified atom stereocenters. The first kappa shape index (κ1) is 15.6. The highest BCUT2D eigenvalue weighted by Crippen LogP contribution is 2.30. The lowest BCUT2D eigenvalue weighted by Gasteiger charge is -2.12. The molecule has 0 spiro atoms. The molecule has 106 valence electrons. The molecule has 2 atom stereocenters. The third-order valence-corrected chi connectivity index (χ3v) is 6.23. The Kier molecular flexibility index (Phi) is 5.17. The third-order valence-electron chi connectivity index (χ3n) is 3.24. The molecule has 0 bridgehead atoms. The quantitative estimate of drug-likeness (QED) is 0.799. The average Bonchev–Trinajstić information content (AvgIpc) is 2.76. The van der Waals surface area contributed by atoms with Crippen LogP contribution >= 0.6 is 39.1 Å². The van der Waals surface area contributed by atoms with Gasteiger partial charge in [-0.2, -0.15) is 0 Å². The number of hydrogen-bond donors (Lipinski definition) is 1. The van der Waals surface area contributed by atoms with E-state index >= 15 is 0 Å². The molecule has 0 aliphatic heterocycles. The zero-order chi connectivity index (χ0) is 14.0. The molecule has 0 radical (unpaired) electrons. The SMILES string of the molecule is O=S(=O)(NCC1CCC(Br)C1)c1ccc(Cl)c(Cl)c1. The lowest BCUT2D eigenvalue weighted by atomic mass is 10.1. The second kappa shape index (κ2) is 6.31. The van der Waals surface area contributed by atoms with Gasteiger partial charge < -0.3 is 0 Å². The van der Waals surface area contributed by atoms with Gasteiger partial charge in [0.15, 0.2) is 0 Å². The minimum atomic E-state index is -3.51. The van der Waals surface area contributed by atoms with Crippen LogP contribution < -0.4 is 4.72 Å². The normalized spacial score (nSPS) is 23.7. The van der Waals surface area contributed by atoms with Gasteiger partial charge >= 0.3 is 0 Å². The summed E-state index contributed by atoms with van der Waals surface area (Å²) in [6.07, 6.45) is 3.14. The number of nitrogens with one attached hydrogen (secondary N) is 1. The van der Waals surface area contributed by atoms with Crippen LogP contribution in [0.25, 0.3) is 0 Å². The van der Waals surface area contributed by atoms with Crippen molar-refractivity contribution in [2.45, 2.75) is 29.0 Å². The van der Waals surface area contributed by atoms with Gasteiger partial charge in [-0.1, -0.05) is 39.1 Å². The summed E-state index contributed by atoms with van der Waals surface area (Å²) >= 11 is 15.2. The topological polar surface area (TPSA) is 46.2 Å². The van der Waals surface area contributed by atoms with Gasteiger partial charge in [-0.05, 0) is 43.4 Å². The number of alkyl halides is 1. The summed E-state index contributed by atoms with van der Waals surface area (Å²) in [5.41, 5.74) is 0. The van der Waals surface area contributed by atoms with E-state index in [9.17, 15) is 8.42 Å². The first-order chi connectivity index (χ1) is 8.88. The molecule has 2 rings (SSSR count). The molecule has 1 fully saturated rings. The molecule has 1 N–H and O–H groups in total. The lowest BCUT2D eigenvalue weighted by Crippen LogP contribution is -2.28. The number of halogens is 3. The smallest absolute Gasteiger partial charge is 0.211 e. The van der Waals surface area contributed by atoms with E-state index < -0.39 is 10.0 Å². The molecular formula is C12H14BrCl2NO2S. The number of sulfonamides is 1. The number of hydrogen-bond acceptors (Lipinski definition) is 2. The molecule has 0 aromatic heterocycles. The fourth-order valence-corrected chi connectivity index (χ4v) is 4.45.